The maximum absolute atomic E-state index is 12.8. The Morgan fingerprint density at radius 3 is 2.17 bits per heavy atom. The van der Waals surface area contributed by atoms with Crippen molar-refractivity contribution in [3.8, 4) is 11.1 Å². The van der Waals surface area contributed by atoms with E-state index in [2.05, 4.69) is 10.3 Å². The van der Waals surface area contributed by atoms with E-state index < -0.39 is 5.60 Å². The van der Waals surface area contributed by atoms with Crippen molar-refractivity contribution < 1.29 is 19.3 Å². The van der Waals surface area contributed by atoms with Crippen LogP contribution in [0.25, 0.3) is 22.2 Å². The van der Waals surface area contributed by atoms with Crippen LogP contribution in [-0.4, -0.2) is 68.8 Å². The summed E-state index contributed by atoms with van der Waals surface area (Å²) in [7, 11) is 0. The topological polar surface area (TPSA) is 99.8 Å². The molecule has 8 heteroatoms. The van der Waals surface area contributed by atoms with Gasteiger partial charge in [-0.2, -0.15) is 0 Å². The summed E-state index contributed by atoms with van der Waals surface area (Å²) in [5.41, 5.74) is 2.79. The van der Waals surface area contributed by atoms with E-state index in [1.165, 1.54) is 0 Å². The van der Waals surface area contributed by atoms with E-state index >= 15 is 0 Å². The molecular formula is C21H20N4O4. The monoisotopic (exact) mass is 392 g/mol. The minimum Gasteiger partial charge on any atom is -0.380 e. The Morgan fingerprint density at radius 2 is 1.48 bits per heavy atom. The Kier molecular flexibility index (Phi) is 4.09. The van der Waals surface area contributed by atoms with Crippen molar-refractivity contribution in [2.45, 2.75) is 18.4 Å². The molecule has 0 spiro atoms. The number of rotatable bonds is 3. The fourth-order valence-corrected chi connectivity index (χ4v) is 3.69. The molecule has 1 N–H and O–H groups in total. The number of aliphatic hydroxyl groups is 1. The lowest BCUT2D eigenvalue weighted by atomic mass is 10.0. The van der Waals surface area contributed by atoms with Gasteiger partial charge in [0.1, 0.15) is 16.6 Å². The third-order valence-corrected chi connectivity index (χ3v) is 5.69. The van der Waals surface area contributed by atoms with Crippen LogP contribution >= 0.6 is 0 Å². The molecule has 5 rings (SSSR count). The van der Waals surface area contributed by atoms with Crippen molar-refractivity contribution >= 4 is 22.8 Å². The van der Waals surface area contributed by atoms with Gasteiger partial charge >= 0.3 is 0 Å². The van der Waals surface area contributed by atoms with Gasteiger partial charge in [-0.25, -0.2) is 4.63 Å². The zero-order valence-corrected chi connectivity index (χ0v) is 15.7. The van der Waals surface area contributed by atoms with Crippen LogP contribution in [-0.2, 0) is 4.79 Å². The first-order valence-corrected chi connectivity index (χ1v) is 9.67. The molecule has 1 saturated carbocycles. The Balaban J connectivity index is 1.25. The Hall–Kier alpha value is -3.26. The summed E-state index contributed by atoms with van der Waals surface area (Å²) in [6, 6.07) is 13.1. The van der Waals surface area contributed by atoms with Crippen LogP contribution in [0.3, 0.4) is 0 Å². The Bertz CT molecular complexity index is 1080. The van der Waals surface area contributed by atoms with Crippen molar-refractivity contribution in [1.29, 1.82) is 0 Å². The van der Waals surface area contributed by atoms with Crippen molar-refractivity contribution in [1.82, 2.24) is 20.1 Å². The molecule has 2 fully saturated rings. The zero-order chi connectivity index (χ0) is 20.0. The highest BCUT2D eigenvalue weighted by atomic mass is 16.6. The van der Waals surface area contributed by atoms with Gasteiger partial charge in [0.15, 0.2) is 0 Å². The van der Waals surface area contributed by atoms with Crippen LogP contribution in [0.5, 0.6) is 0 Å². The number of carbonyl (C=O) groups excluding carboxylic acids is 2. The highest BCUT2D eigenvalue weighted by molar-refractivity contribution is 5.95. The number of hydrogen-bond donors (Lipinski definition) is 1. The average Bonchev–Trinajstić information content (AvgIpc) is 3.34. The summed E-state index contributed by atoms with van der Waals surface area (Å²) in [5.74, 6) is -0.252. The lowest BCUT2D eigenvalue weighted by Crippen LogP contribution is -2.53. The molecule has 0 atom stereocenters. The maximum Gasteiger partial charge on any atom is 0.254 e. The zero-order valence-electron chi connectivity index (χ0n) is 15.7. The van der Waals surface area contributed by atoms with Gasteiger partial charge < -0.3 is 14.9 Å². The van der Waals surface area contributed by atoms with Crippen molar-refractivity contribution in [3.05, 3.63) is 48.0 Å². The lowest BCUT2D eigenvalue weighted by Gasteiger charge is -2.35. The number of nitrogens with zero attached hydrogens (tertiary/aromatic N) is 4. The van der Waals surface area contributed by atoms with E-state index in [-0.39, 0.29) is 11.8 Å². The molecule has 1 saturated heterocycles. The number of carbonyl (C=O) groups is 2. The second-order valence-corrected chi connectivity index (χ2v) is 7.66. The van der Waals surface area contributed by atoms with E-state index in [9.17, 15) is 14.7 Å². The summed E-state index contributed by atoms with van der Waals surface area (Å²) < 4.78 is 4.73. The SMILES string of the molecule is O=C(c1ccc(-c2ccc3nonc3c2)cc1)N1CCN(C(=O)C2(O)CC2)CC1. The fraction of sp³-hybridized carbons (Fsp3) is 0.333. The first kappa shape index (κ1) is 17.8. The number of fused-ring (bicyclic) bond motifs is 1. The number of amides is 2. The third kappa shape index (κ3) is 3.25. The Labute approximate surface area is 166 Å². The second kappa shape index (κ2) is 6.66. The normalized spacial score (nSPS) is 18.1. The second-order valence-electron chi connectivity index (χ2n) is 7.66. The largest absolute Gasteiger partial charge is 0.380 e. The van der Waals surface area contributed by atoms with Gasteiger partial charge in [0.05, 0.1) is 0 Å². The van der Waals surface area contributed by atoms with Crippen LogP contribution in [0, 0.1) is 0 Å². The van der Waals surface area contributed by atoms with Crippen LogP contribution in [0.15, 0.2) is 47.1 Å². The molecule has 2 aliphatic rings. The molecule has 148 valence electrons. The Morgan fingerprint density at radius 1 is 0.862 bits per heavy atom. The van der Waals surface area contributed by atoms with Gasteiger partial charge in [0.25, 0.3) is 11.8 Å². The number of piperazine rings is 1. The minimum absolute atomic E-state index is 0.0510. The van der Waals surface area contributed by atoms with Gasteiger partial charge in [0, 0.05) is 31.7 Å². The highest BCUT2D eigenvalue weighted by Gasteiger charge is 2.50. The first-order chi connectivity index (χ1) is 14.0. The maximum atomic E-state index is 12.8. The summed E-state index contributed by atoms with van der Waals surface area (Å²) in [6.07, 6.45) is 1.08. The minimum atomic E-state index is -1.15. The van der Waals surface area contributed by atoms with Gasteiger partial charge in [-0.1, -0.05) is 18.2 Å². The van der Waals surface area contributed by atoms with Gasteiger partial charge in [0.2, 0.25) is 0 Å². The molecule has 1 aliphatic heterocycles. The van der Waals surface area contributed by atoms with E-state index in [1.807, 2.05) is 42.5 Å². The molecule has 1 aromatic heterocycles. The summed E-state index contributed by atoms with van der Waals surface area (Å²) in [4.78, 5) is 28.5. The smallest absolute Gasteiger partial charge is 0.254 e. The molecule has 0 radical (unpaired) electrons. The summed E-state index contributed by atoms with van der Waals surface area (Å²) >= 11 is 0. The van der Waals surface area contributed by atoms with E-state index in [4.69, 9.17) is 4.63 Å². The van der Waals surface area contributed by atoms with Crippen LogP contribution < -0.4 is 0 Å². The predicted molar refractivity (Wildman–Crippen MR) is 104 cm³/mol. The molecule has 2 amide bonds. The molecule has 2 heterocycles. The van der Waals surface area contributed by atoms with Crippen molar-refractivity contribution in [2.24, 2.45) is 0 Å². The lowest BCUT2D eigenvalue weighted by molar-refractivity contribution is -0.143. The van der Waals surface area contributed by atoms with Crippen molar-refractivity contribution in [3.63, 3.8) is 0 Å². The summed E-state index contributed by atoms with van der Waals surface area (Å²) in [6.45, 7) is 1.85. The molecule has 3 aromatic rings. The fourth-order valence-electron chi connectivity index (χ4n) is 3.69. The van der Waals surface area contributed by atoms with Gasteiger partial charge in [-0.3, -0.25) is 9.59 Å². The van der Waals surface area contributed by atoms with E-state index in [0.29, 0.717) is 55.6 Å². The van der Waals surface area contributed by atoms with Gasteiger partial charge in [-0.05, 0) is 58.5 Å². The van der Waals surface area contributed by atoms with E-state index in [1.54, 1.807) is 9.80 Å². The first-order valence-electron chi connectivity index (χ1n) is 9.67. The molecule has 29 heavy (non-hydrogen) atoms. The van der Waals surface area contributed by atoms with E-state index in [0.717, 1.165) is 11.1 Å². The number of aromatic nitrogens is 2. The van der Waals surface area contributed by atoms with Crippen molar-refractivity contribution in [2.75, 3.05) is 26.2 Å². The highest BCUT2D eigenvalue weighted by Crippen LogP contribution is 2.37. The standard InChI is InChI=1S/C21H20N4O4/c26-19(24-9-11-25(12-10-24)20(27)21(28)7-8-21)15-3-1-14(2-4-15)16-5-6-17-18(13-16)23-29-22-17/h1-6,13,28H,7-12H2. The molecule has 8 nitrogen and oxygen atoms in total. The summed E-state index contributed by atoms with van der Waals surface area (Å²) in [5, 5.41) is 17.6. The quantitative estimate of drug-likeness (QED) is 0.728. The van der Waals surface area contributed by atoms with Crippen LogP contribution in [0.4, 0.5) is 0 Å². The molecule has 2 aromatic carbocycles. The molecule has 0 bridgehead atoms. The van der Waals surface area contributed by atoms with Crippen LogP contribution in [0.1, 0.15) is 23.2 Å². The van der Waals surface area contributed by atoms with Gasteiger partial charge in [-0.15, -0.1) is 0 Å². The number of benzene rings is 2. The van der Waals surface area contributed by atoms with Crippen LogP contribution in [0.2, 0.25) is 0 Å². The third-order valence-electron chi connectivity index (χ3n) is 5.69. The average molecular weight is 392 g/mol. The predicted octanol–water partition coefficient (Wildman–Crippen LogP) is 1.70. The number of hydrogen-bond acceptors (Lipinski definition) is 6. The molecule has 0 unspecified atom stereocenters. The molecular weight excluding hydrogens is 372 g/mol. The molecule has 1 aliphatic carbocycles.